The fraction of sp³-hybridized carbons (Fsp3) is 0.526. The van der Waals surface area contributed by atoms with Crippen molar-refractivity contribution >= 4 is 5.82 Å². The smallest absolute Gasteiger partial charge is 0.180 e. The van der Waals surface area contributed by atoms with Crippen molar-refractivity contribution in [1.29, 1.82) is 0 Å². The maximum Gasteiger partial charge on any atom is 0.180 e. The predicted octanol–water partition coefficient (Wildman–Crippen LogP) is 2.68. The summed E-state index contributed by atoms with van der Waals surface area (Å²) in [4.78, 5) is 16.1. The van der Waals surface area contributed by atoms with Gasteiger partial charge in [0.05, 0.1) is 13.2 Å². The zero-order valence-electron chi connectivity index (χ0n) is 15.2. The van der Waals surface area contributed by atoms with E-state index in [1.165, 1.54) is 6.42 Å². The first-order valence-electron chi connectivity index (χ1n) is 9.04. The molecular weight excluding hydrogens is 314 g/mol. The van der Waals surface area contributed by atoms with Crippen molar-refractivity contribution in [1.82, 2.24) is 19.9 Å². The zero-order chi connectivity index (χ0) is 17.5. The van der Waals surface area contributed by atoms with Gasteiger partial charge in [-0.1, -0.05) is 6.07 Å². The molecule has 0 spiro atoms. The highest BCUT2D eigenvalue weighted by Gasteiger charge is 2.11. The summed E-state index contributed by atoms with van der Waals surface area (Å²) in [6.45, 7) is 10.0. The number of nitrogens with one attached hydrogen (secondary N) is 1. The van der Waals surface area contributed by atoms with Crippen LogP contribution in [0.25, 0.3) is 11.5 Å². The Morgan fingerprint density at radius 2 is 1.96 bits per heavy atom. The van der Waals surface area contributed by atoms with E-state index in [0.717, 1.165) is 68.6 Å². The molecule has 3 rings (SSSR count). The third kappa shape index (κ3) is 4.96. The highest BCUT2D eigenvalue weighted by Crippen LogP contribution is 2.20. The number of ether oxygens (including phenoxy) is 1. The molecule has 0 unspecified atom stereocenters. The van der Waals surface area contributed by atoms with Crippen LogP contribution in [0.5, 0.6) is 0 Å². The summed E-state index contributed by atoms with van der Waals surface area (Å²) < 4.78 is 5.38. The van der Waals surface area contributed by atoms with Crippen LogP contribution in [0.1, 0.15) is 24.1 Å². The fourth-order valence-corrected chi connectivity index (χ4v) is 2.90. The molecule has 2 aromatic heterocycles. The van der Waals surface area contributed by atoms with Crippen LogP contribution in [0.2, 0.25) is 0 Å². The van der Waals surface area contributed by atoms with Gasteiger partial charge in [0.1, 0.15) is 11.5 Å². The fourth-order valence-electron chi connectivity index (χ4n) is 2.90. The van der Waals surface area contributed by atoms with Crippen LogP contribution in [0.15, 0.2) is 24.4 Å². The maximum atomic E-state index is 5.38. The van der Waals surface area contributed by atoms with Gasteiger partial charge in [-0.3, -0.25) is 9.88 Å². The number of rotatable bonds is 7. The van der Waals surface area contributed by atoms with Crippen molar-refractivity contribution in [3.8, 4) is 11.5 Å². The van der Waals surface area contributed by atoms with Crippen LogP contribution in [0.3, 0.4) is 0 Å². The molecule has 0 aromatic carbocycles. The molecule has 3 heterocycles. The van der Waals surface area contributed by atoms with Crippen LogP contribution < -0.4 is 5.32 Å². The van der Waals surface area contributed by atoms with Gasteiger partial charge in [0.2, 0.25) is 0 Å². The highest BCUT2D eigenvalue weighted by atomic mass is 16.5. The third-order valence-electron chi connectivity index (χ3n) is 4.58. The first kappa shape index (κ1) is 17.8. The Bertz CT molecular complexity index is 671. The van der Waals surface area contributed by atoms with E-state index >= 15 is 0 Å². The second-order valence-corrected chi connectivity index (χ2v) is 6.41. The molecule has 0 aliphatic carbocycles. The normalized spacial score (nSPS) is 15.3. The van der Waals surface area contributed by atoms with E-state index in [9.17, 15) is 0 Å². The topological polar surface area (TPSA) is 63.2 Å². The number of aromatic nitrogens is 3. The summed E-state index contributed by atoms with van der Waals surface area (Å²) in [6.07, 6.45) is 4.08. The van der Waals surface area contributed by atoms with Crippen molar-refractivity contribution in [3.63, 3.8) is 0 Å². The number of nitrogens with zero attached hydrogens (tertiary/aromatic N) is 4. The SMILES string of the molecule is Cc1nc(-c2ccccn2)nc(NCCCCN2CCOCC2)c1C. The Morgan fingerprint density at radius 3 is 2.72 bits per heavy atom. The monoisotopic (exact) mass is 341 g/mol. The molecule has 1 aliphatic rings. The van der Waals surface area contributed by atoms with E-state index < -0.39 is 0 Å². The Hall–Kier alpha value is -2.05. The molecule has 2 aromatic rings. The lowest BCUT2D eigenvalue weighted by Crippen LogP contribution is -2.36. The van der Waals surface area contributed by atoms with Gasteiger partial charge in [-0.05, 0) is 45.4 Å². The van der Waals surface area contributed by atoms with Crippen molar-refractivity contribution in [3.05, 3.63) is 35.7 Å². The minimum atomic E-state index is 0.680. The molecule has 1 saturated heterocycles. The molecule has 1 fully saturated rings. The lowest BCUT2D eigenvalue weighted by Gasteiger charge is -2.26. The Labute approximate surface area is 149 Å². The molecule has 1 N–H and O–H groups in total. The lowest BCUT2D eigenvalue weighted by molar-refractivity contribution is 0.0373. The van der Waals surface area contributed by atoms with E-state index in [1.54, 1.807) is 6.20 Å². The van der Waals surface area contributed by atoms with E-state index in [-0.39, 0.29) is 0 Å². The minimum Gasteiger partial charge on any atom is -0.379 e. The van der Waals surface area contributed by atoms with Crippen LogP contribution in [0, 0.1) is 13.8 Å². The van der Waals surface area contributed by atoms with E-state index in [1.807, 2.05) is 25.1 Å². The number of hydrogen-bond donors (Lipinski definition) is 1. The second-order valence-electron chi connectivity index (χ2n) is 6.41. The molecule has 0 atom stereocenters. The number of pyridine rings is 1. The van der Waals surface area contributed by atoms with Crippen molar-refractivity contribution in [2.75, 3.05) is 44.7 Å². The number of aryl methyl sites for hydroxylation is 1. The summed E-state index contributed by atoms with van der Waals surface area (Å²) in [5.41, 5.74) is 2.90. The molecule has 0 radical (unpaired) electrons. The molecule has 0 amide bonds. The van der Waals surface area contributed by atoms with Crippen LogP contribution in [-0.4, -0.2) is 59.2 Å². The van der Waals surface area contributed by atoms with Crippen molar-refractivity contribution in [2.24, 2.45) is 0 Å². The number of anilines is 1. The Balaban J connectivity index is 1.54. The molecule has 25 heavy (non-hydrogen) atoms. The largest absolute Gasteiger partial charge is 0.379 e. The number of unbranched alkanes of at least 4 members (excludes halogenated alkanes) is 1. The molecule has 6 heteroatoms. The van der Waals surface area contributed by atoms with Gasteiger partial charge in [-0.25, -0.2) is 9.97 Å². The van der Waals surface area contributed by atoms with Gasteiger partial charge in [0.15, 0.2) is 5.82 Å². The average molecular weight is 341 g/mol. The first-order valence-corrected chi connectivity index (χ1v) is 9.04. The predicted molar refractivity (Wildman–Crippen MR) is 99.7 cm³/mol. The second kappa shape index (κ2) is 8.87. The van der Waals surface area contributed by atoms with Crippen LogP contribution in [-0.2, 0) is 4.74 Å². The van der Waals surface area contributed by atoms with E-state index in [4.69, 9.17) is 4.74 Å². The lowest BCUT2D eigenvalue weighted by atomic mass is 10.2. The average Bonchev–Trinajstić information content (AvgIpc) is 2.66. The molecule has 0 saturated carbocycles. The summed E-state index contributed by atoms with van der Waals surface area (Å²) >= 11 is 0. The first-order chi connectivity index (χ1) is 12.2. The Morgan fingerprint density at radius 1 is 1.12 bits per heavy atom. The summed E-state index contributed by atoms with van der Waals surface area (Å²) in [5, 5.41) is 3.48. The maximum absolute atomic E-state index is 5.38. The summed E-state index contributed by atoms with van der Waals surface area (Å²) in [6, 6.07) is 5.80. The van der Waals surface area contributed by atoms with Gasteiger partial charge < -0.3 is 10.1 Å². The zero-order valence-corrected chi connectivity index (χ0v) is 15.2. The molecule has 0 bridgehead atoms. The summed E-state index contributed by atoms with van der Waals surface area (Å²) in [7, 11) is 0. The molecular formula is C19H27N5O. The van der Waals surface area contributed by atoms with Gasteiger partial charge in [0.25, 0.3) is 0 Å². The van der Waals surface area contributed by atoms with Gasteiger partial charge in [0, 0.05) is 37.1 Å². The molecule has 6 nitrogen and oxygen atoms in total. The van der Waals surface area contributed by atoms with Gasteiger partial charge in [-0.2, -0.15) is 0 Å². The Kier molecular flexibility index (Phi) is 6.30. The van der Waals surface area contributed by atoms with Gasteiger partial charge >= 0.3 is 0 Å². The van der Waals surface area contributed by atoms with Crippen LogP contribution >= 0.6 is 0 Å². The van der Waals surface area contributed by atoms with E-state index in [2.05, 4.69) is 32.1 Å². The highest BCUT2D eigenvalue weighted by molar-refractivity contribution is 5.56. The van der Waals surface area contributed by atoms with Gasteiger partial charge in [-0.15, -0.1) is 0 Å². The quantitative estimate of drug-likeness (QED) is 0.781. The molecule has 134 valence electrons. The third-order valence-corrected chi connectivity index (χ3v) is 4.58. The van der Waals surface area contributed by atoms with E-state index in [0.29, 0.717) is 5.82 Å². The van der Waals surface area contributed by atoms with Crippen LogP contribution in [0.4, 0.5) is 5.82 Å². The summed E-state index contributed by atoms with van der Waals surface area (Å²) in [5.74, 6) is 1.60. The number of hydrogen-bond acceptors (Lipinski definition) is 6. The van der Waals surface area contributed by atoms with Crippen molar-refractivity contribution in [2.45, 2.75) is 26.7 Å². The van der Waals surface area contributed by atoms with Crippen molar-refractivity contribution < 1.29 is 4.74 Å². The standard InChI is InChI=1S/C19H27N5O/c1-15-16(2)22-19(17-7-3-4-8-20-17)23-18(15)21-9-5-6-10-24-11-13-25-14-12-24/h3-4,7-8H,5-6,9-14H2,1-2H3,(H,21,22,23). The number of morpholine rings is 1. The minimum absolute atomic E-state index is 0.680. The molecule has 1 aliphatic heterocycles.